The highest BCUT2D eigenvalue weighted by molar-refractivity contribution is 5.87. The highest BCUT2D eigenvalue weighted by Crippen LogP contribution is 2.35. The summed E-state index contributed by atoms with van der Waals surface area (Å²) in [5.74, 6) is 14.4. The molecule has 5 aromatic rings. The van der Waals surface area contributed by atoms with Crippen LogP contribution in [0, 0.1) is 23.7 Å². The Morgan fingerprint density at radius 1 is 0.531 bits per heavy atom. The number of ether oxygens (including phenoxy) is 6. The highest BCUT2D eigenvalue weighted by Gasteiger charge is 2.22. The van der Waals surface area contributed by atoms with Crippen molar-refractivity contribution in [2.45, 2.75) is 66.6 Å². The molecular formula is C56H58O8. The van der Waals surface area contributed by atoms with Crippen LogP contribution < -0.4 is 9.47 Å². The second-order valence-electron chi connectivity index (χ2n) is 14.6. The SMILES string of the molecule is CCOC(=O)C(Cc1ccc(OCC=C(C)C#Cc2ccc(-c3ccccc3)c(C#CC(C)=CCOc3ccc(CC(OCC)C(=O)OCC)cc3)c2-c2ccccc2)cc1)OCC. The third-order valence-electron chi connectivity index (χ3n) is 9.93. The minimum Gasteiger partial charge on any atom is -0.490 e. The van der Waals surface area contributed by atoms with Crippen LogP contribution in [0.4, 0.5) is 0 Å². The van der Waals surface area contributed by atoms with Crippen molar-refractivity contribution in [3.05, 3.63) is 167 Å². The van der Waals surface area contributed by atoms with Crippen LogP contribution in [-0.4, -0.2) is 63.8 Å². The maximum absolute atomic E-state index is 12.3. The molecule has 0 heterocycles. The van der Waals surface area contributed by atoms with Gasteiger partial charge < -0.3 is 28.4 Å². The van der Waals surface area contributed by atoms with Gasteiger partial charge in [-0.3, -0.25) is 0 Å². The molecule has 330 valence electrons. The fourth-order valence-electron chi connectivity index (χ4n) is 6.72. The molecule has 0 bridgehead atoms. The first kappa shape index (κ1) is 48.2. The molecule has 0 amide bonds. The quantitative estimate of drug-likeness (QED) is 0.0565. The number of carbonyl (C=O) groups excluding carboxylic acids is 2. The molecule has 0 saturated carbocycles. The lowest BCUT2D eigenvalue weighted by molar-refractivity contribution is -0.157. The largest absolute Gasteiger partial charge is 0.490 e. The van der Waals surface area contributed by atoms with Gasteiger partial charge in [0, 0.05) is 42.7 Å². The number of esters is 2. The van der Waals surface area contributed by atoms with Gasteiger partial charge in [-0.2, -0.15) is 0 Å². The van der Waals surface area contributed by atoms with Crippen molar-refractivity contribution >= 4 is 11.9 Å². The summed E-state index contributed by atoms with van der Waals surface area (Å²) >= 11 is 0. The van der Waals surface area contributed by atoms with E-state index in [-0.39, 0.29) is 11.9 Å². The van der Waals surface area contributed by atoms with Crippen LogP contribution in [0.2, 0.25) is 0 Å². The van der Waals surface area contributed by atoms with Gasteiger partial charge in [-0.1, -0.05) is 115 Å². The summed E-state index contributed by atoms with van der Waals surface area (Å²) in [7, 11) is 0. The number of rotatable bonds is 20. The molecule has 2 atom stereocenters. The number of allylic oxidation sites excluding steroid dienone is 2. The normalized spacial score (nSPS) is 12.2. The monoisotopic (exact) mass is 858 g/mol. The van der Waals surface area contributed by atoms with E-state index in [2.05, 4.69) is 60.1 Å². The standard InChI is InChI=1S/C56H58O8/c1-7-59-52(55(57)61-9-3)39-43-23-29-48(30-24-43)63-37-35-41(5)21-27-47-28-34-50(45-17-13-11-14-18-45)51(54(47)46-19-15-12-16-20-46)33-22-42(6)36-38-64-49-31-25-44(26-32-49)40-53(60-8-2)56(58)62-10-4/h11-20,23-26,28-32,34-36,52-53H,7-10,37-40H2,1-6H3. The van der Waals surface area contributed by atoms with Crippen molar-refractivity contribution in [2.24, 2.45) is 0 Å². The summed E-state index contributed by atoms with van der Waals surface area (Å²) in [6.45, 7) is 13.4. The predicted octanol–water partition coefficient (Wildman–Crippen LogP) is 10.8. The lowest BCUT2D eigenvalue weighted by Gasteiger charge is -2.15. The van der Waals surface area contributed by atoms with Crippen LogP contribution >= 0.6 is 0 Å². The van der Waals surface area contributed by atoms with E-state index in [4.69, 9.17) is 28.4 Å². The van der Waals surface area contributed by atoms with E-state index in [1.165, 1.54) is 0 Å². The predicted molar refractivity (Wildman–Crippen MR) is 254 cm³/mol. The molecule has 0 aromatic heterocycles. The molecule has 5 rings (SSSR count). The fraction of sp³-hybridized carbons (Fsp3) is 0.286. The van der Waals surface area contributed by atoms with Gasteiger partial charge in [0.25, 0.3) is 0 Å². The van der Waals surface area contributed by atoms with Gasteiger partial charge >= 0.3 is 11.9 Å². The van der Waals surface area contributed by atoms with Crippen molar-refractivity contribution in [3.8, 4) is 57.4 Å². The van der Waals surface area contributed by atoms with Gasteiger partial charge in [-0.05, 0) is 123 Å². The zero-order valence-corrected chi connectivity index (χ0v) is 37.8. The second-order valence-corrected chi connectivity index (χ2v) is 14.6. The van der Waals surface area contributed by atoms with Crippen molar-refractivity contribution in [2.75, 3.05) is 39.6 Å². The smallest absolute Gasteiger partial charge is 0.335 e. The summed E-state index contributed by atoms with van der Waals surface area (Å²) in [5.41, 5.74) is 9.41. The molecule has 0 saturated heterocycles. The molecule has 0 N–H and O–H groups in total. The van der Waals surface area contributed by atoms with Gasteiger partial charge in [-0.15, -0.1) is 0 Å². The summed E-state index contributed by atoms with van der Waals surface area (Å²) in [5, 5.41) is 0. The summed E-state index contributed by atoms with van der Waals surface area (Å²) in [6, 6.07) is 40.0. The van der Waals surface area contributed by atoms with Crippen molar-refractivity contribution in [1.82, 2.24) is 0 Å². The van der Waals surface area contributed by atoms with Gasteiger partial charge in [0.15, 0.2) is 12.2 Å². The van der Waals surface area contributed by atoms with Gasteiger partial charge in [0.05, 0.1) is 13.2 Å². The Hall–Kier alpha value is -6.84. The molecule has 8 nitrogen and oxygen atoms in total. The van der Waals surface area contributed by atoms with E-state index in [1.807, 2.05) is 125 Å². The van der Waals surface area contributed by atoms with Crippen LogP contribution in [0.1, 0.15) is 63.8 Å². The maximum Gasteiger partial charge on any atom is 0.335 e. The van der Waals surface area contributed by atoms with Crippen molar-refractivity contribution < 1.29 is 38.0 Å². The van der Waals surface area contributed by atoms with Crippen LogP contribution in [0.15, 0.2) is 145 Å². The zero-order chi connectivity index (χ0) is 45.5. The molecule has 0 fully saturated rings. The van der Waals surface area contributed by atoms with Gasteiger partial charge in [0.2, 0.25) is 0 Å². The average molecular weight is 859 g/mol. The third kappa shape index (κ3) is 14.9. The highest BCUT2D eigenvalue weighted by atomic mass is 16.6. The number of carbonyl (C=O) groups is 2. The molecule has 5 aromatic carbocycles. The van der Waals surface area contributed by atoms with E-state index in [9.17, 15) is 9.59 Å². The second kappa shape index (κ2) is 25.9. The lowest BCUT2D eigenvalue weighted by Crippen LogP contribution is -2.28. The third-order valence-corrected chi connectivity index (χ3v) is 9.93. The Bertz CT molecular complexity index is 2450. The molecule has 8 heteroatoms. The molecule has 64 heavy (non-hydrogen) atoms. The number of hydrogen-bond donors (Lipinski definition) is 0. The maximum atomic E-state index is 12.3. The van der Waals surface area contributed by atoms with Crippen LogP contribution in [-0.2, 0) is 41.4 Å². The van der Waals surface area contributed by atoms with Crippen LogP contribution in [0.5, 0.6) is 11.5 Å². The molecule has 0 aliphatic rings. The first-order valence-corrected chi connectivity index (χ1v) is 21.9. The minimum absolute atomic E-state index is 0.310. The first-order chi connectivity index (χ1) is 31.2. The Morgan fingerprint density at radius 3 is 1.44 bits per heavy atom. The fourth-order valence-corrected chi connectivity index (χ4v) is 6.72. The zero-order valence-electron chi connectivity index (χ0n) is 37.8. The molecule has 2 unspecified atom stereocenters. The van der Waals surface area contributed by atoms with Crippen LogP contribution in [0.3, 0.4) is 0 Å². The Morgan fingerprint density at radius 2 is 0.984 bits per heavy atom. The van der Waals surface area contributed by atoms with Gasteiger partial charge in [-0.25, -0.2) is 9.59 Å². The lowest BCUT2D eigenvalue weighted by atomic mass is 9.88. The summed E-state index contributed by atoms with van der Waals surface area (Å²) in [6.07, 6.45) is 3.49. The molecule has 0 aliphatic heterocycles. The Balaban J connectivity index is 1.34. The van der Waals surface area contributed by atoms with Crippen molar-refractivity contribution in [1.29, 1.82) is 0 Å². The summed E-state index contributed by atoms with van der Waals surface area (Å²) < 4.78 is 33.7. The van der Waals surface area contributed by atoms with E-state index < -0.39 is 12.2 Å². The Labute approximate surface area is 379 Å². The average Bonchev–Trinajstić information content (AvgIpc) is 3.31. The number of hydrogen-bond acceptors (Lipinski definition) is 8. The van der Waals surface area contributed by atoms with E-state index in [0.29, 0.717) is 64.0 Å². The summed E-state index contributed by atoms with van der Waals surface area (Å²) in [4.78, 5) is 24.6. The van der Waals surface area contributed by atoms with Crippen molar-refractivity contribution in [3.63, 3.8) is 0 Å². The molecule has 0 aliphatic carbocycles. The minimum atomic E-state index is -0.644. The first-order valence-electron chi connectivity index (χ1n) is 21.9. The molecule has 0 radical (unpaired) electrons. The molecular weight excluding hydrogens is 801 g/mol. The molecule has 0 spiro atoms. The van der Waals surface area contributed by atoms with E-state index in [1.54, 1.807) is 13.8 Å². The van der Waals surface area contributed by atoms with E-state index in [0.717, 1.165) is 55.7 Å². The van der Waals surface area contributed by atoms with Crippen LogP contribution in [0.25, 0.3) is 22.3 Å². The van der Waals surface area contributed by atoms with Gasteiger partial charge in [0.1, 0.15) is 24.7 Å². The Kier molecular flexibility index (Phi) is 19.5. The van der Waals surface area contributed by atoms with E-state index >= 15 is 0 Å². The number of benzene rings is 5. The topological polar surface area (TPSA) is 89.5 Å².